The Morgan fingerprint density at radius 1 is 1.18 bits per heavy atom. The zero-order valence-corrected chi connectivity index (χ0v) is 17.0. The maximum Gasteiger partial charge on any atom is 0.410 e. The molecule has 1 aromatic rings. The van der Waals surface area contributed by atoms with E-state index >= 15 is 0 Å². The van der Waals surface area contributed by atoms with Crippen molar-refractivity contribution < 1.29 is 28.6 Å². The summed E-state index contributed by atoms with van der Waals surface area (Å²) < 4.78 is 15.5. The van der Waals surface area contributed by atoms with Gasteiger partial charge in [0.15, 0.2) is 0 Å². The number of likely N-dealkylation sites (tertiary alicyclic amines) is 1. The molecule has 0 N–H and O–H groups in total. The van der Waals surface area contributed by atoms with Crippen molar-refractivity contribution in [1.82, 2.24) is 9.80 Å². The quantitative estimate of drug-likeness (QED) is 0.579. The summed E-state index contributed by atoms with van der Waals surface area (Å²) in [6.07, 6.45) is -0.886. The summed E-state index contributed by atoms with van der Waals surface area (Å²) in [7, 11) is 2.85. The molecule has 0 aliphatic carbocycles. The summed E-state index contributed by atoms with van der Waals surface area (Å²) in [5.41, 5.74) is 0.201. The van der Waals surface area contributed by atoms with Gasteiger partial charge in [-0.2, -0.15) is 0 Å². The van der Waals surface area contributed by atoms with Gasteiger partial charge in [0.25, 0.3) is 0 Å². The lowest BCUT2D eigenvalue weighted by Crippen LogP contribution is -2.43. The van der Waals surface area contributed by atoms with Crippen LogP contribution < -0.4 is 0 Å². The molecular weight excluding hydrogens is 364 g/mol. The van der Waals surface area contributed by atoms with E-state index in [2.05, 4.69) is 0 Å². The largest absolute Gasteiger partial charge is 0.467 e. The summed E-state index contributed by atoms with van der Waals surface area (Å²) in [4.78, 5) is 39.8. The third-order valence-electron chi connectivity index (χ3n) is 4.42. The average Bonchev–Trinajstić information content (AvgIpc) is 3.09. The Kier molecular flexibility index (Phi) is 6.88. The van der Waals surface area contributed by atoms with Gasteiger partial charge in [-0.25, -0.2) is 14.4 Å². The topological polar surface area (TPSA) is 85.4 Å². The number of likely N-dealkylation sites (N-methyl/N-ethyl adjacent to an activating group) is 1. The van der Waals surface area contributed by atoms with Gasteiger partial charge in [-0.1, -0.05) is 30.3 Å². The smallest absolute Gasteiger partial charge is 0.410 e. The second-order valence-corrected chi connectivity index (χ2v) is 7.71. The van der Waals surface area contributed by atoms with E-state index in [-0.39, 0.29) is 25.6 Å². The van der Waals surface area contributed by atoms with Crippen LogP contribution in [-0.2, 0) is 25.6 Å². The van der Waals surface area contributed by atoms with Crippen LogP contribution in [0.5, 0.6) is 0 Å². The van der Waals surface area contributed by atoms with Crippen LogP contribution in [-0.4, -0.2) is 66.3 Å². The van der Waals surface area contributed by atoms with Crippen LogP contribution >= 0.6 is 0 Å². The summed E-state index contributed by atoms with van der Waals surface area (Å²) in [6.45, 7) is 5.58. The number of nitrogens with zero attached hydrogens (tertiary/aromatic N) is 2. The number of rotatable bonds is 4. The van der Waals surface area contributed by atoms with E-state index < -0.39 is 29.8 Å². The lowest BCUT2D eigenvalue weighted by Gasteiger charge is -2.28. The molecule has 0 bridgehead atoms. The molecule has 8 nitrogen and oxygen atoms in total. The molecule has 0 spiro atoms. The molecule has 1 saturated heterocycles. The van der Waals surface area contributed by atoms with Crippen LogP contribution in [0.2, 0.25) is 0 Å². The van der Waals surface area contributed by atoms with E-state index in [1.54, 1.807) is 27.8 Å². The minimum absolute atomic E-state index is 0.0939. The SMILES string of the molecule is COC(=O)[C@@H]1C[C@@H](N(C)C(=O)OC(C)(C)C)CN1C(=O)OCc1ccccc1. The molecule has 1 aliphatic rings. The third-order valence-corrected chi connectivity index (χ3v) is 4.42. The second kappa shape index (κ2) is 8.95. The Morgan fingerprint density at radius 3 is 2.39 bits per heavy atom. The Hall–Kier alpha value is -2.77. The molecule has 8 heteroatoms. The number of amides is 2. The number of hydrogen-bond acceptors (Lipinski definition) is 6. The fourth-order valence-corrected chi connectivity index (χ4v) is 2.94. The lowest BCUT2D eigenvalue weighted by molar-refractivity contribution is -0.145. The number of carbonyl (C=O) groups is 3. The predicted octanol–water partition coefficient (Wildman–Crippen LogP) is 2.81. The normalized spacial score (nSPS) is 19.1. The van der Waals surface area contributed by atoms with Crippen molar-refractivity contribution in [2.45, 2.75) is 51.5 Å². The van der Waals surface area contributed by atoms with Crippen molar-refractivity contribution in [1.29, 1.82) is 0 Å². The zero-order chi connectivity index (χ0) is 20.9. The van der Waals surface area contributed by atoms with Crippen molar-refractivity contribution >= 4 is 18.2 Å². The van der Waals surface area contributed by atoms with Gasteiger partial charge in [-0.05, 0) is 26.3 Å². The van der Waals surface area contributed by atoms with Gasteiger partial charge in [0, 0.05) is 20.0 Å². The lowest BCUT2D eigenvalue weighted by atomic mass is 10.1. The van der Waals surface area contributed by atoms with Crippen molar-refractivity contribution in [3.63, 3.8) is 0 Å². The van der Waals surface area contributed by atoms with Crippen LogP contribution in [0.25, 0.3) is 0 Å². The molecule has 154 valence electrons. The minimum atomic E-state index is -0.817. The molecule has 0 aromatic heterocycles. The first-order chi connectivity index (χ1) is 13.1. The van der Waals surface area contributed by atoms with Gasteiger partial charge >= 0.3 is 18.2 Å². The van der Waals surface area contributed by atoms with Crippen LogP contribution in [0.4, 0.5) is 9.59 Å². The summed E-state index contributed by atoms with van der Waals surface area (Å²) in [5.74, 6) is -0.545. The average molecular weight is 392 g/mol. The molecule has 2 amide bonds. The molecule has 0 saturated carbocycles. The first kappa shape index (κ1) is 21.5. The van der Waals surface area contributed by atoms with Gasteiger partial charge in [-0.3, -0.25) is 4.90 Å². The van der Waals surface area contributed by atoms with Crippen molar-refractivity contribution in [2.24, 2.45) is 0 Å². The monoisotopic (exact) mass is 392 g/mol. The van der Waals surface area contributed by atoms with E-state index in [1.165, 1.54) is 16.9 Å². The van der Waals surface area contributed by atoms with Crippen molar-refractivity contribution in [3.05, 3.63) is 35.9 Å². The summed E-state index contributed by atoms with van der Waals surface area (Å²) in [6, 6.07) is 8.05. The number of methoxy groups -OCH3 is 1. The molecule has 1 heterocycles. The van der Waals surface area contributed by atoms with Crippen LogP contribution in [0, 0.1) is 0 Å². The van der Waals surface area contributed by atoms with E-state index in [0.717, 1.165) is 5.56 Å². The highest BCUT2D eigenvalue weighted by Crippen LogP contribution is 2.25. The van der Waals surface area contributed by atoms with Gasteiger partial charge in [0.1, 0.15) is 18.2 Å². The zero-order valence-electron chi connectivity index (χ0n) is 17.0. The Morgan fingerprint density at radius 2 is 1.82 bits per heavy atom. The third kappa shape index (κ3) is 5.61. The van der Waals surface area contributed by atoms with Gasteiger partial charge in [0.05, 0.1) is 13.2 Å². The molecular formula is C20H28N2O6. The summed E-state index contributed by atoms with van der Waals surface area (Å²) in [5, 5.41) is 0. The Balaban J connectivity index is 2.05. The van der Waals surface area contributed by atoms with Gasteiger partial charge in [-0.15, -0.1) is 0 Å². The number of carbonyl (C=O) groups excluding carboxylic acids is 3. The van der Waals surface area contributed by atoms with Crippen LogP contribution in [0.1, 0.15) is 32.8 Å². The fourth-order valence-electron chi connectivity index (χ4n) is 2.94. The van der Waals surface area contributed by atoms with Crippen molar-refractivity contribution in [3.8, 4) is 0 Å². The molecule has 1 aromatic carbocycles. The first-order valence-electron chi connectivity index (χ1n) is 9.13. The molecule has 0 unspecified atom stereocenters. The van der Waals surface area contributed by atoms with Crippen LogP contribution in [0.3, 0.4) is 0 Å². The maximum atomic E-state index is 12.6. The van der Waals surface area contributed by atoms with E-state index in [4.69, 9.17) is 14.2 Å². The summed E-state index contributed by atoms with van der Waals surface area (Å²) >= 11 is 0. The van der Waals surface area contributed by atoms with E-state index in [9.17, 15) is 14.4 Å². The molecule has 1 fully saturated rings. The number of hydrogen-bond donors (Lipinski definition) is 0. The highest BCUT2D eigenvalue weighted by atomic mass is 16.6. The molecule has 2 rings (SSSR count). The highest BCUT2D eigenvalue weighted by molar-refractivity contribution is 5.82. The minimum Gasteiger partial charge on any atom is -0.467 e. The Labute approximate surface area is 165 Å². The molecule has 0 radical (unpaired) electrons. The first-order valence-corrected chi connectivity index (χ1v) is 9.13. The fraction of sp³-hybridized carbons (Fsp3) is 0.550. The molecule has 1 aliphatic heterocycles. The van der Waals surface area contributed by atoms with Gasteiger partial charge in [0.2, 0.25) is 0 Å². The van der Waals surface area contributed by atoms with Gasteiger partial charge < -0.3 is 19.1 Å². The maximum absolute atomic E-state index is 12.6. The van der Waals surface area contributed by atoms with Crippen molar-refractivity contribution in [2.75, 3.05) is 20.7 Å². The molecule has 2 atom stereocenters. The standard InChI is InChI=1S/C20H28N2O6/c1-20(2,3)28-18(24)21(4)15-11-16(17(23)26-5)22(12-15)19(25)27-13-14-9-7-6-8-10-14/h6-10,15-16H,11-13H2,1-5H3/t15-,16+/m1/s1. The molecule has 28 heavy (non-hydrogen) atoms. The predicted molar refractivity (Wildman–Crippen MR) is 102 cm³/mol. The highest BCUT2D eigenvalue weighted by Gasteiger charge is 2.44. The number of ether oxygens (including phenoxy) is 3. The Bertz CT molecular complexity index is 700. The number of benzene rings is 1. The van der Waals surface area contributed by atoms with E-state index in [1.807, 2.05) is 30.3 Å². The number of esters is 1. The van der Waals surface area contributed by atoms with Crippen LogP contribution in [0.15, 0.2) is 30.3 Å². The van der Waals surface area contributed by atoms with E-state index in [0.29, 0.717) is 0 Å². The second-order valence-electron chi connectivity index (χ2n) is 7.71.